The Kier molecular flexibility index (Phi) is 5.07. The lowest BCUT2D eigenvalue weighted by Crippen LogP contribution is -2.10. The first-order chi connectivity index (χ1) is 9.90. The van der Waals surface area contributed by atoms with Crippen molar-refractivity contribution in [2.75, 3.05) is 0 Å². The Hall–Kier alpha value is -1.32. The Bertz CT molecular complexity index is 600. The van der Waals surface area contributed by atoms with Crippen LogP contribution in [0.3, 0.4) is 0 Å². The average Bonchev–Trinajstić information content (AvgIpc) is 2.46. The van der Waals surface area contributed by atoms with Crippen LogP contribution < -0.4 is 5.73 Å². The zero-order valence-electron chi connectivity index (χ0n) is 12.8. The van der Waals surface area contributed by atoms with E-state index in [4.69, 9.17) is 5.73 Å². The highest BCUT2D eigenvalue weighted by molar-refractivity contribution is 7.98. The number of nitrogens with two attached hydrogens (primary N) is 1. The van der Waals surface area contributed by atoms with E-state index in [1.807, 2.05) is 6.07 Å². The van der Waals surface area contributed by atoms with Gasteiger partial charge in [-0.3, -0.25) is 0 Å². The van der Waals surface area contributed by atoms with Gasteiger partial charge >= 0.3 is 0 Å². The summed E-state index contributed by atoms with van der Waals surface area (Å²) in [4.78, 5) is 1.15. The summed E-state index contributed by atoms with van der Waals surface area (Å²) in [5.74, 6) is 0.458. The largest absolute Gasteiger partial charge is 0.326 e. The van der Waals surface area contributed by atoms with Gasteiger partial charge in [-0.25, -0.2) is 4.39 Å². The summed E-state index contributed by atoms with van der Waals surface area (Å²) in [6, 6.07) is 13.6. The normalized spacial score (nSPS) is 11.7. The van der Waals surface area contributed by atoms with E-state index in [9.17, 15) is 4.39 Å². The molecule has 2 aromatic carbocycles. The highest BCUT2D eigenvalue weighted by atomic mass is 32.2. The van der Waals surface area contributed by atoms with Gasteiger partial charge in [0.2, 0.25) is 0 Å². The molecule has 112 valence electrons. The molecule has 0 atom stereocenters. The van der Waals surface area contributed by atoms with Crippen LogP contribution >= 0.6 is 11.8 Å². The Labute approximate surface area is 130 Å². The molecule has 0 saturated heterocycles. The van der Waals surface area contributed by atoms with E-state index in [0.29, 0.717) is 17.9 Å². The molecule has 0 spiro atoms. The number of rotatable bonds is 4. The molecule has 2 rings (SSSR count). The highest BCUT2D eigenvalue weighted by Gasteiger charge is 2.13. The van der Waals surface area contributed by atoms with Gasteiger partial charge in [0.15, 0.2) is 0 Å². The van der Waals surface area contributed by atoms with Gasteiger partial charge in [0.05, 0.1) is 0 Å². The minimum absolute atomic E-state index is 0.158. The molecule has 0 aliphatic rings. The fourth-order valence-corrected chi connectivity index (χ4v) is 2.95. The standard InChI is InChI=1S/C18H22FNS/c1-18(2,3)15-5-7-16(8-6-15)21-12-14-10-13(11-20)4-9-17(14)19/h4-10H,11-12,20H2,1-3H3. The first-order valence-electron chi connectivity index (χ1n) is 7.11. The molecule has 21 heavy (non-hydrogen) atoms. The zero-order chi connectivity index (χ0) is 15.5. The van der Waals surface area contributed by atoms with Crippen molar-refractivity contribution in [2.45, 2.75) is 43.4 Å². The van der Waals surface area contributed by atoms with Gasteiger partial charge in [0.1, 0.15) is 5.82 Å². The second kappa shape index (κ2) is 6.63. The van der Waals surface area contributed by atoms with Crippen molar-refractivity contribution >= 4 is 11.8 Å². The number of thioether (sulfide) groups is 1. The molecular formula is C18H22FNS. The van der Waals surface area contributed by atoms with Crippen LogP contribution in [-0.2, 0) is 17.7 Å². The van der Waals surface area contributed by atoms with Crippen LogP contribution in [0.5, 0.6) is 0 Å². The van der Waals surface area contributed by atoms with Crippen LogP contribution in [0.15, 0.2) is 47.4 Å². The maximum atomic E-state index is 13.8. The second-order valence-electron chi connectivity index (χ2n) is 6.19. The van der Waals surface area contributed by atoms with Crippen molar-refractivity contribution in [3.05, 3.63) is 65.0 Å². The fourth-order valence-electron chi connectivity index (χ4n) is 2.08. The number of hydrogen-bond acceptors (Lipinski definition) is 2. The van der Waals surface area contributed by atoms with Gasteiger partial charge in [0.25, 0.3) is 0 Å². The van der Waals surface area contributed by atoms with Crippen LogP contribution in [0, 0.1) is 5.82 Å². The van der Waals surface area contributed by atoms with Gasteiger partial charge in [-0.05, 0) is 40.3 Å². The van der Waals surface area contributed by atoms with Crippen molar-refractivity contribution in [1.82, 2.24) is 0 Å². The molecule has 0 bridgehead atoms. The van der Waals surface area contributed by atoms with Gasteiger partial charge in [-0.1, -0.05) is 45.0 Å². The highest BCUT2D eigenvalue weighted by Crippen LogP contribution is 2.28. The third-order valence-corrected chi connectivity index (χ3v) is 4.52. The molecular weight excluding hydrogens is 281 g/mol. The molecule has 0 aliphatic carbocycles. The van der Waals surface area contributed by atoms with Crippen molar-refractivity contribution in [2.24, 2.45) is 5.73 Å². The van der Waals surface area contributed by atoms with E-state index in [1.165, 1.54) is 11.6 Å². The Balaban J connectivity index is 2.06. The molecule has 0 aromatic heterocycles. The molecule has 1 nitrogen and oxygen atoms in total. The molecule has 3 heteroatoms. The fraction of sp³-hybridized carbons (Fsp3) is 0.333. The molecule has 2 N–H and O–H groups in total. The van der Waals surface area contributed by atoms with Crippen LogP contribution in [0.25, 0.3) is 0 Å². The Morgan fingerprint density at radius 2 is 1.71 bits per heavy atom. The summed E-state index contributed by atoms with van der Waals surface area (Å²) in [5.41, 5.74) is 8.75. The lowest BCUT2D eigenvalue weighted by Gasteiger charge is -2.19. The molecule has 0 unspecified atom stereocenters. The third kappa shape index (κ3) is 4.32. The average molecular weight is 303 g/mol. The van der Waals surface area contributed by atoms with E-state index in [2.05, 4.69) is 45.0 Å². The van der Waals surface area contributed by atoms with Crippen molar-refractivity contribution in [1.29, 1.82) is 0 Å². The van der Waals surface area contributed by atoms with E-state index >= 15 is 0 Å². The van der Waals surface area contributed by atoms with Crippen LogP contribution in [0.1, 0.15) is 37.5 Å². The van der Waals surface area contributed by atoms with Gasteiger partial charge in [-0.2, -0.15) is 0 Å². The third-order valence-electron chi connectivity index (χ3n) is 3.46. The monoisotopic (exact) mass is 303 g/mol. The SMILES string of the molecule is CC(C)(C)c1ccc(SCc2cc(CN)ccc2F)cc1. The van der Waals surface area contributed by atoms with Gasteiger partial charge < -0.3 is 5.73 Å². The van der Waals surface area contributed by atoms with Crippen molar-refractivity contribution in [3.63, 3.8) is 0 Å². The van der Waals surface area contributed by atoms with E-state index in [-0.39, 0.29) is 11.2 Å². The molecule has 0 heterocycles. The number of hydrogen-bond donors (Lipinski definition) is 1. The summed E-state index contributed by atoms with van der Waals surface area (Å²) in [5, 5.41) is 0. The molecule has 0 aliphatic heterocycles. The van der Waals surface area contributed by atoms with Crippen LogP contribution in [0.4, 0.5) is 4.39 Å². The minimum atomic E-state index is -0.161. The molecule has 0 radical (unpaired) electrons. The summed E-state index contributed by atoms with van der Waals surface area (Å²) in [6.45, 7) is 7.03. The molecule has 2 aromatic rings. The maximum absolute atomic E-state index is 13.8. The quantitative estimate of drug-likeness (QED) is 0.815. The van der Waals surface area contributed by atoms with Crippen LogP contribution in [-0.4, -0.2) is 0 Å². The maximum Gasteiger partial charge on any atom is 0.127 e. The van der Waals surface area contributed by atoms with Crippen molar-refractivity contribution < 1.29 is 4.39 Å². The van der Waals surface area contributed by atoms with Gasteiger partial charge in [0, 0.05) is 17.2 Å². The number of benzene rings is 2. The molecule has 0 amide bonds. The second-order valence-corrected chi connectivity index (χ2v) is 7.24. The first-order valence-corrected chi connectivity index (χ1v) is 8.09. The van der Waals surface area contributed by atoms with Crippen LogP contribution in [0.2, 0.25) is 0 Å². The first kappa shape index (κ1) is 16.1. The van der Waals surface area contributed by atoms with E-state index in [1.54, 1.807) is 17.8 Å². The summed E-state index contributed by atoms with van der Waals surface area (Å²) < 4.78 is 13.8. The summed E-state index contributed by atoms with van der Waals surface area (Å²) >= 11 is 1.65. The lowest BCUT2D eigenvalue weighted by molar-refractivity contribution is 0.590. The molecule has 0 fully saturated rings. The topological polar surface area (TPSA) is 26.0 Å². The number of halogens is 1. The Morgan fingerprint density at radius 3 is 2.29 bits per heavy atom. The summed E-state index contributed by atoms with van der Waals surface area (Å²) in [6.07, 6.45) is 0. The van der Waals surface area contributed by atoms with Crippen molar-refractivity contribution in [3.8, 4) is 0 Å². The smallest absolute Gasteiger partial charge is 0.127 e. The molecule has 0 saturated carbocycles. The minimum Gasteiger partial charge on any atom is -0.326 e. The predicted octanol–water partition coefficient (Wildman–Crippen LogP) is 4.87. The Morgan fingerprint density at radius 1 is 1.05 bits per heavy atom. The zero-order valence-corrected chi connectivity index (χ0v) is 13.6. The van der Waals surface area contributed by atoms with Gasteiger partial charge in [-0.15, -0.1) is 11.8 Å². The lowest BCUT2D eigenvalue weighted by atomic mass is 9.87. The van der Waals surface area contributed by atoms with E-state index < -0.39 is 0 Å². The summed E-state index contributed by atoms with van der Waals surface area (Å²) in [7, 11) is 0. The van der Waals surface area contributed by atoms with E-state index in [0.717, 1.165) is 10.5 Å². The predicted molar refractivity (Wildman–Crippen MR) is 89.0 cm³/mol.